The molecule has 2 aliphatic heterocycles. The third-order valence-electron chi connectivity index (χ3n) is 4.50. The molecule has 26 heavy (non-hydrogen) atoms. The molecular weight excluding hydrogens is 336 g/mol. The third kappa shape index (κ3) is 3.03. The summed E-state index contributed by atoms with van der Waals surface area (Å²) in [6.07, 6.45) is 0.119. The van der Waals surface area contributed by atoms with Gasteiger partial charge in [0.2, 0.25) is 11.8 Å². The minimum Gasteiger partial charge on any atom is -0.506 e. The molecule has 1 atom stereocenters. The van der Waals surface area contributed by atoms with Gasteiger partial charge in [-0.3, -0.25) is 9.59 Å². The lowest BCUT2D eigenvalue weighted by atomic mass is 10.1. The number of carbonyl (C=O) groups excluding carboxylic acids is 2. The SMILES string of the molecule is O=C(Nc1ccccc1O)[C@H]1CC(=O)N(c2ccc3c(c2)OCCO3)C1. The van der Waals surface area contributed by atoms with E-state index >= 15 is 0 Å². The molecule has 0 aromatic heterocycles. The molecule has 1 fully saturated rings. The minimum atomic E-state index is -0.490. The molecule has 0 aliphatic carbocycles. The van der Waals surface area contributed by atoms with E-state index in [1.165, 1.54) is 6.07 Å². The molecule has 7 heteroatoms. The maximum atomic E-state index is 12.5. The monoisotopic (exact) mass is 354 g/mol. The molecule has 0 radical (unpaired) electrons. The average Bonchev–Trinajstić information content (AvgIpc) is 3.05. The van der Waals surface area contributed by atoms with Crippen molar-refractivity contribution in [3.63, 3.8) is 0 Å². The van der Waals surface area contributed by atoms with E-state index in [9.17, 15) is 14.7 Å². The van der Waals surface area contributed by atoms with Crippen LogP contribution in [0.15, 0.2) is 42.5 Å². The van der Waals surface area contributed by atoms with Gasteiger partial charge in [-0.2, -0.15) is 0 Å². The summed E-state index contributed by atoms with van der Waals surface area (Å²) in [5, 5.41) is 12.5. The van der Waals surface area contributed by atoms with Crippen molar-refractivity contribution in [1.29, 1.82) is 0 Å². The van der Waals surface area contributed by atoms with Gasteiger partial charge < -0.3 is 24.8 Å². The van der Waals surface area contributed by atoms with Gasteiger partial charge in [0, 0.05) is 24.7 Å². The van der Waals surface area contributed by atoms with Crippen LogP contribution in [0.2, 0.25) is 0 Å². The van der Waals surface area contributed by atoms with Crippen molar-refractivity contribution >= 4 is 23.2 Å². The summed E-state index contributed by atoms with van der Waals surface area (Å²) in [4.78, 5) is 26.5. The van der Waals surface area contributed by atoms with Crippen LogP contribution in [0, 0.1) is 5.92 Å². The zero-order valence-corrected chi connectivity index (χ0v) is 14.0. The van der Waals surface area contributed by atoms with Gasteiger partial charge >= 0.3 is 0 Å². The fraction of sp³-hybridized carbons (Fsp3) is 0.263. The molecule has 134 valence electrons. The Morgan fingerprint density at radius 2 is 1.88 bits per heavy atom. The van der Waals surface area contributed by atoms with Crippen LogP contribution >= 0.6 is 0 Å². The number of benzene rings is 2. The van der Waals surface area contributed by atoms with Gasteiger partial charge in [0.05, 0.1) is 11.6 Å². The number of hydrogen-bond donors (Lipinski definition) is 2. The van der Waals surface area contributed by atoms with Gasteiger partial charge in [0.1, 0.15) is 19.0 Å². The number of fused-ring (bicyclic) bond motifs is 1. The molecule has 2 N–H and O–H groups in total. The Balaban J connectivity index is 1.48. The molecule has 0 spiro atoms. The van der Waals surface area contributed by atoms with E-state index in [1.807, 2.05) is 0 Å². The molecule has 2 aromatic carbocycles. The van der Waals surface area contributed by atoms with Crippen molar-refractivity contribution in [3.8, 4) is 17.2 Å². The van der Waals surface area contributed by atoms with E-state index < -0.39 is 5.92 Å². The molecule has 0 saturated carbocycles. The van der Waals surface area contributed by atoms with Crippen molar-refractivity contribution < 1.29 is 24.2 Å². The summed E-state index contributed by atoms with van der Waals surface area (Å²) < 4.78 is 11.0. The summed E-state index contributed by atoms with van der Waals surface area (Å²) in [5.74, 6) is 0.340. The lowest BCUT2D eigenvalue weighted by Gasteiger charge is -2.22. The Morgan fingerprint density at radius 3 is 2.69 bits per heavy atom. The number of hydrogen-bond acceptors (Lipinski definition) is 5. The van der Waals surface area contributed by atoms with Crippen LogP contribution in [0.4, 0.5) is 11.4 Å². The van der Waals surface area contributed by atoms with Crippen molar-refractivity contribution in [2.45, 2.75) is 6.42 Å². The van der Waals surface area contributed by atoms with Crippen LogP contribution < -0.4 is 19.7 Å². The van der Waals surface area contributed by atoms with E-state index in [2.05, 4.69) is 5.32 Å². The van der Waals surface area contributed by atoms with Crippen LogP contribution in [0.5, 0.6) is 17.2 Å². The fourth-order valence-electron chi connectivity index (χ4n) is 3.15. The summed E-state index contributed by atoms with van der Waals surface area (Å²) in [6, 6.07) is 11.8. The first-order valence-corrected chi connectivity index (χ1v) is 8.41. The molecule has 2 aromatic rings. The summed E-state index contributed by atoms with van der Waals surface area (Å²) in [7, 11) is 0. The Hall–Kier alpha value is -3.22. The highest BCUT2D eigenvalue weighted by Gasteiger charge is 2.35. The van der Waals surface area contributed by atoms with Gasteiger partial charge in [-0.05, 0) is 24.3 Å². The average molecular weight is 354 g/mol. The van der Waals surface area contributed by atoms with Crippen molar-refractivity contribution in [3.05, 3.63) is 42.5 Å². The van der Waals surface area contributed by atoms with E-state index in [1.54, 1.807) is 41.3 Å². The lowest BCUT2D eigenvalue weighted by molar-refractivity contribution is -0.122. The number of carbonyl (C=O) groups is 2. The molecular formula is C19H18N2O5. The van der Waals surface area contributed by atoms with Crippen LogP contribution in [-0.4, -0.2) is 36.7 Å². The third-order valence-corrected chi connectivity index (χ3v) is 4.50. The number of nitrogens with one attached hydrogen (secondary N) is 1. The van der Waals surface area contributed by atoms with Crippen molar-refractivity contribution in [2.75, 3.05) is 30.0 Å². The summed E-state index contributed by atoms with van der Waals surface area (Å²) in [5.41, 5.74) is 1.01. The smallest absolute Gasteiger partial charge is 0.229 e. The minimum absolute atomic E-state index is 0.00568. The highest BCUT2D eigenvalue weighted by Crippen LogP contribution is 2.36. The fourth-order valence-corrected chi connectivity index (χ4v) is 3.15. The topological polar surface area (TPSA) is 88.1 Å². The van der Waals surface area contributed by atoms with Gasteiger partial charge in [0.15, 0.2) is 11.5 Å². The number of anilines is 2. The number of para-hydroxylation sites is 2. The first-order chi connectivity index (χ1) is 12.6. The highest BCUT2D eigenvalue weighted by atomic mass is 16.6. The number of aromatic hydroxyl groups is 1. The lowest BCUT2D eigenvalue weighted by Crippen LogP contribution is -2.28. The number of nitrogens with zero attached hydrogens (tertiary/aromatic N) is 1. The normalized spacial score (nSPS) is 18.7. The maximum Gasteiger partial charge on any atom is 0.229 e. The highest BCUT2D eigenvalue weighted by molar-refractivity contribution is 6.04. The van der Waals surface area contributed by atoms with Crippen molar-refractivity contribution in [2.24, 2.45) is 5.92 Å². The van der Waals surface area contributed by atoms with E-state index in [0.29, 0.717) is 36.1 Å². The van der Waals surface area contributed by atoms with E-state index in [4.69, 9.17) is 9.47 Å². The number of amides is 2. The second-order valence-electron chi connectivity index (χ2n) is 6.24. The van der Waals surface area contributed by atoms with Crippen LogP contribution in [0.1, 0.15) is 6.42 Å². The number of rotatable bonds is 3. The zero-order valence-electron chi connectivity index (χ0n) is 14.0. The van der Waals surface area contributed by atoms with E-state index in [-0.39, 0.29) is 30.5 Å². The zero-order chi connectivity index (χ0) is 18.1. The van der Waals surface area contributed by atoms with Gasteiger partial charge in [-0.15, -0.1) is 0 Å². The Kier molecular flexibility index (Phi) is 4.12. The predicted molar refractivity (Wildman–Crippen MR) is 94.6 cm³/mol. The van der Waals surface area contributed by atoms with Gasteiger partial charge in [-0.25, -0.2) is 0 Å². The summed E-state index contributed by atoms with van der Waals surface area (Å²) >= 11 is 0. The van der Waals surface area contributed by atoms with Gasteiger partial charge in [0.25, 0.3) is 0 Å². The maximum absolute atomic E-state index is 12.5. The Morgan fingerprint density at radius 1 is 1.12 bits per heavy atom. The van der Waals surface area contributed by atoms with Crippen LogP contribution in [-0.2, 0) is 9.59 Å². The Bertz CT molecular complexity index is 867. The standard InChI is InChI=1S/C19H18N2O5/c22-15-4-2-1-3-14(15)20-19(24)12-9-18(23)21(11-12)13-5-6-16-17(10-13)26-8-7-25-16/h1-6,10,12,22H,7-9,11H2,(H,20,24)/t12-/m0/s1. The first kappa shape index (κ1) is 16.3. The Labute approximate surface area is 150 Å². The number of phenolic OH excluding ortho intramolecular Hbond substituents is 1. The molecule has 4 rings (SSSR count). The molecule has 0 unspecified atom stereocenters. The van der Waals surface area contributed by atoms with E-state index in [0.717, 1.165) is 0 Å². The predicted octanol–water partition coefficient (Wildman–Crippen LogP) is 2.16. The number of ether oxygens (including phenoxy) is 2. The molecule has 2 amide bonds. The molecule has 7 nitrogen and oxygen atoms in total. The summed E-state index contributed by atoms with van der Waals surface area (Å²) in [6.45, 7) is 1.25. The van der Waals surface area contributed by atoms with Crippen molar-refractivity contribution in [1.82, 2.24) is 0 Å². The van der Waals surface area contributed by atoms with Gasteiger partial charge in [-0.1, -0.05) is 12.1 Å². The number of phenols is 1. The molecule has 2 aliphatic rings. The second kappa shape index (κ2) is 6.59. The molecule has 0 bridgehead atoms. The first-order valence-electron chi connectivity index (χ1n) is 8.41. The quantitative estimate of drug-likeness (QED) is 0.825. The van der Waals surface area contributed by atoms with Crippen LogP contribution in [0.3, 0.4) is 0 Å². The largest absolute Gasteiger partial charge is 0.506 e. The van der Waals surface area contributed by atoms with Crippen LogP contribution in [0.25, 0.3) is 0 Å². The molecule has 1 saturated heterocycles. The second-order valence-corrected chi connectivity index (χ2v) is 6.24. The molecule has 2 heterocycles.